The second-order valence-corrected chi connectivity index (χ2v) is 8.78. The third kappa shape index (κ3) is 7.33. The fraction of sp³-hybridized carbons (Fsp3) is 0.444. The largest absolute Gasteiger partial charge is 0.491 e. The molecule has 2 aromatic rings. The molecule has 0 bridgehead atoms. The highest BCUT2D eigenvalue weighted by Gasteiger charge is 2.17. The van der Waals surface area contributed by atoms with E-state index in [1.807, 2.05) is 51.3 Å². The number of allylic oxidation sites excluding steroid dienone is 1. The van der Waals surface area contributed by atoms with Gasteiger partial charge in [0.25, 0.3) is 0 Å². The van der Waals surface area contributed by atoms with Crippen molar-refractivity contribution in [3.05, 3.63) is 71.5 Å². The van der Waals surface area contributed by atoms with Crippen LogP contribution in [0.4, 0.5) is 4.79 Å². The smallest absolute Gasteiger partial charge is 0.407 e. The molecular formula is C27H35NO4. The minimum Gasteiger partial charge on any atom is -0.491 e. The van der Waals surface area contributed by atoms with Crippen molar-refractivity contribution in [1.29, 1.82) is 0 Å². The van der Waals surface area contributed by atoms with Crippen LogP contribution < -0.4 is 14.8 Å². The second kappa shape index (κ2) is 11.6. The molecule has 3 rings (SSSR count). The van der Waals surface area contributed by atoms with E-state index >= 15 is 0 Å². The summed E-state index contributed by atoms with van der Waals surface area (Å²) < 4.78 is 16.3. The standard InChI is InChI=1S/C27H35NO4/c1-19(2)32-26-13-9-22(10-14-26)17-21-5-7-23(8-6-21)18-31-25-15-11-24(12-16-25)20(3)28-27(29)30-4/h9-16,18-21H,5-8,17H2,1-4H3,(H,28,29). The van der Waals surface area contributed by atoms with Crippen molar-refractivity contribution in [2.24, 2.45) is 5.92 Å². The van der Waals surface area contributed by atoms with Crippen LogP contribution in [0.5, 0.6) is 11.5 Å². The lowest BCUT2D eigenvalue weighted by Gasteiger charge is -2.24. The van der Waals surface area contributed by atoms with Crippen LogP contribution in [0.3, 0.4) is 0 Å². The van der Waals surface area contributed by atoms with E-state index in [1.54, 1.807) is 0 Å². The molecular weight excluding hydrogens is 402 g/mol. The minimum atomic E-state index is -0.435. The van der Waals surface area contributed by atoms with E-state index in [1.165, 1.54) is 31.1 Å². The number of ether oxygens (including phenoxy) is 3. The van der Waals surface area contributed by atoms with Gasteiger partial charge in [0.05, 0.1) is 25.5 Å². The van der Waals surface area contributed by atoms with Crippen LogP contribution in [-0.2, 0) is 11.2 Å². The molecule has 1 aliphatic rings. The number of benzene rings is 2. The Labute approximate surface area is 191 Å². The summed E-state index contributed by atoms with van der Waals surface area (Å²) in [5, 5.41) is 2.76. The number of hydrogen-bond donors (Lipinski definition) is 1. The highest BCUT2D eigenvalue weighted by Crippen LogP contribution is 2.31. The lowest BCUT2D eigenvalue weighted by Crippen LogP contribution is -2.26. The van der Waals surface area contributed by atoms with Crippen LogP contribution in [-0.4, -0.2) is 19.3 Å². The monoisotopic (exact) mass is 437 g/mol. The van der Waals surface area contributed by atoms with Gasteiger partial charge in [-0.3, -0.25) is 0 Å². The van der Waals surface area contributed by atoms with Crippen LogP contribution in [0.15, 0.2) is 60.4 Å². The average Bonchev–Trinajstić information content (AvgIpc) is 2.80. The van der Waals surface area contributed by atoms with Gasteiger partial charge in [0.2, 0.25) is 0 Å². The molecule has 1 fully saturated rings. The first-order chi connectivity index (χ1) is 15.4. The molecule has 172 valence electrons. The van der Waals surface area contributed by atoms with E-state index < -0.39 is 6.09 Å². The number of nitrogens with one attached hydrogen (secondary N) is 1. The Morgan fingerprint density at radius 1 is 1.00 bits per heavy atom. The zero-order valence-corrected chi connectivity index (χ0v) is 19.6. The van der Waals surface area contributed by atoms with Gasteiger partial charge in [-0.15, -0.1) is 0 Å². The third-order valence-electron chi connectivity index (χ3n) is 5.83. The van der Waals surface area contributed by atoms with Crippen LogP contribution in [0.1, 0.15) is 63.6 Å². The molecule has 0 aromatic heterocycles. The molecule has 0 saturated heterocycles. The predicted octanol–water partition coefficient (Wildman–Crippen LogP) is 6.59. The molecule has 5 heteroatoms. The second-order valence-electron chi connectivity index (χ2n) is 8.78. The average molecular weight is 438 g/mol. The molecule has 1 aliphatic carbocycles. The molecule has 1 unspecified atom stereocenters. The molecule has 1 atom stereocenters. The summed E-state index contributed by atoms with van der Waals surface area (Å²) in [6.45, 7) is 6.01. The first kappa shape index (κ1) is 23.7. The molecule has 1 N–H and O–H groups in total. The highest BCUT2D eigenvalue weighted by molar-refractivity contribution is 5.67. The number of hydrogen-bond acceptors (Lipinski definition) is 4. The van der Waals surface area contributed by atoms with E-state index in [9.17, 15) is 4.79 Å². The summed E-state index contributed by atoms with van der Waals surface area (Å²) in [6, 6.07) is 16.2. The fourth-order valence-corrected chi connectivity index (χ4v) is 3.99. The molecule has 1 amide bonds. The molecule has 32 heavy (non-hydrogen) atoms. The maximum Gasteiger partial charge on any atom is 0.407 e. The molecule has 2 aromatic carbocycles. The van der Waals surface area contributed by atoms with Gasteiger partial charge in [0, 0.05) is 0 Å². The molecule has 0 aliphatic heterocycles. The van der Waals surface area contributed by atoms with Gasteiger partial charge in [0.15, 0.2) is 0 Å². The van der Waals surface area contributed by atoms with E-state index in [0.717, 1.165) is 36.3 Å². The Kier molecular flexibility index (Phi) is 8.60. The van der Waals surface area contributed by atoms with Crippen LogP contribution in [0.2, 0.25) is 0 Å². The van der Waals surface area contributed by atoms with Crippen LogP contribution >= 0.6 is 0 Å². The normalized spacial score (nSPS) is 16.9. The first-order valence-electron chi connectivity index (χ1n) is 11.5. The Morgan fingerprint density at radius 2 is 1.62 bits per heavy atom. The molecule has 5 nitrogen and oxygen atoms in total. The van der Waals surface area contributed by atoms with E-state index in [-0.39, 0.29) is 12.1 Å². The Balaban J connectivity index is 1.44. The Morgan fingerprint density at radius 3 is 2.22 bits per heavy atom. The third-order valence-corrected chi connectivity index (χ3v) is 5.83. The lowest BCUT2D eigenvalue weighted by molar-refractivity contribution is 0.167. The number of amides is 1. The molecule has 0 radical (unpaired) electrons. The van der Waals surface area contributed by atoms with Gasteiger partial charge >= 0.3 is 6.09 Å². The van der Waals surface area contributed by atoms with Gasteiger partial charge in [-0.1, -0.05) is 24.3 Å². The van der Waals surface area contributed by atoms with Gasteiger partial charge in [-0.2, -0.15) is 0 Å². The summed E-state index contributed by atoms with van der Waals surface area (Å²) in [6.07, 6.45) is 7.35. The van der Waals surface area contributed by atoms with Gasteiger partial charge in [-0.05, 0) is 99.8 Å². The van der Waals surface area contributed by atoms with Gasteiger partial charge in [0.1, 0.15) is 11.5 Å². The number of carbonyl (C=O) groups is 1. The fourth-order valence-electron chi connectivity index (χ4n) is 3.99. The predicted molar refractivity (Wildman–Crippen MR) is 127 cm³/mol. The summed E-state index contributed by atoms with van der Waals surface area (Å²) in [4.78, 5) is 11.3. The Bertz CT molecular complexity index is 877. The van der Waals surface area contributed by atoms with Crippen molar-refractivity contribution < 1.29 is 19.0 Å². The maximum absolute atomic E-state index is 11.3. The SMILES string of the molecule is COC(=O)NC(C)c1ccc(OC=C2CCC(Cc3ccc(OC(C)C)cc3)CC2)cc1. The van der Waals surface area contributed by atoms with Gasteiger partial charge < -0.3 is 19.5 Å². The zero-order chi connectivity index (χ0) is 22.9. The maximum atomic E-state index is 11.3. The van der Waals surface area contributed by atoms with E-state index in [4.69, 9.17) is 9.47 Å². The quantitative estimate of drug-likeness (QED) is 0.474. The highest BCUT2D eigenvalue weighted by atomic mass is 16.5. The van der Waals surface area contributed by atoms with Crippen molar-refractivity contribution in [2.75, 3.05) is 7.11 Å². The zero-order valence-electron chi connectivity index (χ0n) is 19.6. The Hall–Kier alpha value is -2.95. The van der Waals surface area contributed by atoms with Crippen molar-refractivity contribution in [2.45, 2.75) is 65.0 Å². The number of alkyl carbamates (subject to hydrolysis) is 1. The summed E-state index contributed by atoms with van der Waals surface area (Å²) in [7, 11) is 1.36. The number of carbonyl (C=O) groups excluding carboxylic acids is 1. The minimum absolute atomic E-state index is 0.121. The van der Waals surface area contributed by atoms with E-state index in [2.05, 4.69) is 34.3 Å². The van der Waals surface area contributed by atoms with Gasteiger partial charge in [-0.25, -0.2) is 4.79 Å². The van der Waals surface area contributed by atoms with Crippen molar-refractivity contribution in [1.82, 2.24) is 5.32 Å². The van der Waals surface area contributed by atoms with Crippen molar-refractivity contribution in [3.63, 3.8) is 0 Å². The summed E-state index contributed by atoms with van der Waals surface area (Å²) in [5.41, 5.74) is 3.75. The first-order valence-corrected chi connectivity index (χ1v) is 11.5. The number of rotatable bonds is 8. The topological polar surface area (TPSA) is 56.8 Å². The summed E-state index contributed by atoms with van der Waals surface area (Å²) in [5.74, 6) is 2.46. The summed E-state index contributed by atoms with van der Waals surface area (Å²) >= 11 is 0. The molecule has 0 spiro atoms. The molecule has 0 heterocycles. The van der Waals surface area contributed by atoms with Crippen LogP contribution in [0, 0.1) is 5.92 Å². The van der Waals surface area contributed by atoms with Crippen molar-refractivity contribution >= 4 is 6.09 Å². The van der Waals surface area contributed by atoms with Crippen LogP contribution in [0.25, 0.3) is 0 Å². The van der Waals surface area contributed by atoms with Crippen molar-refractivity contribution in [3.8, 4) is 11.5 Å². The lowest BCUT2D eigenvalue weighted by atomic mass is 9.83. The number of methoxy groups -OCH3 is 1. The van der Waals surface area contributed by atoms with E-state index in [0.29, 0.717) is 5.92 Å². The molecule has 1 saturated carbocycles.